The molecule has 0 aliphatic rings. The van der Waals surface area contributed by atoms with Gasteiger partial charge >= 0.3 is 0 Å². The highest BCUT2D eigenvalue weighted by Crippen LogP contribution is 2.05. The lowest BCUT2D eigenvalue weighted by Gasteiger charge is -2.01. The highest BCUT2D eigenvalue weighted by atomic mass is 16.1. The molecule has 3 heteroatoms. The predicted molar refractivity (Wildman–Crippen MR) is 49.4 cm³/mol. The second-order valence-electron chi connectivity index (χ2n) is 3.03. The third-order valence-electron chi connectivity index (χ3n) is 2.14. The van der Waals surface area contributed by atoms with Crippen molar-refractivity contribution in [1.82, 2.24) is 9.78 Å². The highest BCUT2D eigenvalue weighted by Gasteiger charge is 2.08. The second-order valence-corrected chi connectivity index (χ2v) is 3.03. The average molecular weight is 168 g/mol. The molecule has 0 aromatic carbocycles. The number of rotatable bonds is 3. The van der Waals surface area contributed by atoms with Gasteiger partial charge in [0.2, 0.25) is 0 Å². The Balaban J connectivity index is 3.13. The number of aromatic amines is 1. The third-order valence-corrected chi connectivity index (χ3v) is 2.14. The van der Waals surface area contributed by atoms with Gasteiger partial charge in [-0.25, -0.2) is 0 Å². The van der Waals surface area contributed by atoms with Gasteiger partial charge in [-0.3, -0.25) is 14.6 Å². The van der Waals surface area contributed by atoms with Crippen LogP contribution in [0.3, 0.4) is 0 Å². The SMILES string of the molecule is CCCc1c(CC)c(=O)[nH]n1C. The molecule has 0 saturated carbocycles. The number of nitrogens with one attached hydrogen (secondary N) is 1. The molecule has 1 N–H and O–H groups in total. The van der Waals surface area contributed by atoms with Crippen LogP contribution >= 0.6 is 0 Å². The van der Waals surface area contributed by atoms with Crippen LogP contribution < -0.4 is 5.56 Å². The van der Waals surface area contributed by atoms with Gasteiger partial charge in [0, 0.05) is 18.3 Å². The fourth-order valence-corrected chi connectivity index (χ4v) is 1.54. The minimum Gasteiger partial charge on any atom is -0.292 e. The molecule has 0 radical (unpaired) electrons. The summed E-state index contributed by atoms with van der Waals surface area (Å²) >= 11 is 0. The van der Waals surface area contributed by atoms with Crippen LogP contribution in [0, 0.1) is 0 Å². The van der Waals surface area contributed by atoms with Crippen LogP contribution in [0.4, 0.5) is 0 Å². The lowest BCUT2D eigenvalue weighted by atomic mass is 10.1. The van der Waals surface area contributed by atoms with Gasteiger partial charge in [-0.15, -0.1) is 0 Å². The van der Waals surface area contributed by atoms with Gasteiger partial charge in [-0.05, 0) is 12.8 Å². The summed E-state index contributed by atoms with van der Waals surface area (Å²) < 4.78 is 1.84. The van der Waals surface area contributed by atoms with Crippen molar-refractivity contribution in [3.8, 4) is 0 Å². The Kier molecular flexibility index (Phi) is 2.74. The Morgan fingerprint density at radius 3 is 2.58 bits per heavy atom. The molecule has 0 atom stereocenters. The standard InChI is InChI=1S/C9H16N2O/c1-4-6-8-7(5-2)9(12)10-11(8)3/h4-6H2,1-3H3,(H,10,12). The fraction of sp³-hybridized carbons (Fsp3) is 0.667. The van der Waals surface area contributed by atoms with Gasteiger partial charge in [-0.1, -0.05) is 20.3 Å². The van der Waals surface area contributed by atoms with Gasteiger partial charge in [0.15, 0.2) is 0 Å². The predicted octanol–water partition coefficient (Wildman–Crippen LogP) is 1.23. The van der Waals surface area contributed by atoms with E-state index in [1.54, 1.807) is 0 Å². The van der Waals surface area contributed by atoms with E-state index in [9.17, 15) is 4.79 Å². The molecule has 0 saturated heterocycles. The lowest BCUT2D eigenvalue weighted by Crippen LogP contribution is -2.05. The molecular formula is C9H16N2O. The zero-order chi connectivity index (χ0) is 9.14. The van der Waals surface area contributed by atoms with Crippen molar-refractivity contribution < 1.29 is 0 Å². The van der Waals surface area contributed by atoms with E-state index in [-0.39, 0.29) is 5.56 Å². The van der Waals surface area contributed by atoms with E-state index in [0.717, 1.165) is 30.5 Å². The summed E-state index contributed by atoms with van der Waals surface area (Å²) in [6.07, 6.45) is 2.89. The van der Waals surface area contributed by atoms with Gasteiger partial charge in [0.25, 0.3) is 5.56 Å². The van der Waals surface area contributed by atoms with Crippen molar-refractivity contribution in [2.45, 2.75) is 33.1 Å². The first-order valence-electron chi connectivity index (χ1n) is 4.47. The van der Waals surface area contributed by atoms with Crippen molar-refractivity contribution in [1.29, 1.82) is 0 Å². The maximum atomic E-state index is 11.3. The Bertz CT molecular complexity index is 309. The van der Waals surface area contributed by atoms with Crippen molar-refractivity contribution >= 4 is 0 Å². The summed E-state index contributed by atoms with van der Waals surface area (Å²) in [5.41, 5.74) is 2.17. The highest BCUT2D eigenvalue weighted by molar-refractivity contribution is 5.17. The van der Waals surface area contributed by atoms with E-state index in [1.807, 2.05) is 18.7 Å². The zero-order valence-electron chi connectivity index (χ0n) is 7.98. The summed E-state index contributed by atoms with van der Waals surface area (Å²) in [4.78, 5) is 11.3. The average Bonchev–Trinajstić information content (AvgIpc) is 2.28. The van der Waals surface area contributed by atoms with E-state index in [2.05, 4.69) is 12.0 Å². The van der Waals surface area contributed by atoms with E-state index < -0.39 is 0 Å². The molecule has 0 bridgehead atoms. The monoisotopic (exact) mass is 168 g/mol. The number of hydrogen-bond donors (Lipinski definition) is 1. The van der Waals surface area contributed by atoms with Crippen LogP contribution in [0.25, 0.3) is 0 Å². The lowest BCUT2D eigenvalue weighted by molar-refractivity contribution is 0.689. The summed E-state index contributed by atoms with van der Waals surface area (Å²) in [6.45, 7) is 4.14. The van der Waals surface area contributed by atoms with Gasteiger partial charge < -0.3 is 0 Å². The minimum absolute atomic E-state index is 0.0726. The largest absolute Gasteiger partial charge is 0.292 e. The van der Waals surface area contributed by atoms with E-state index in [0.29, 0.717) is 0 Å². The summed E-state index contributed by atoms with van der Waals surface area (Å²) in [6, 6.07) is 0. The molecule has 68 valence electrons. The number of hydrogen-bond acceptors (Lipinski definition) is 1. The second kappa shape index (κ2) is 3.61. The minimum atomic E-state index is 0.0726. The van der Waals surface area contributed by atoms with Crippen LogP contribution in [0.2, 0.25) is 0 Å². The molecule has 12 heavy (non-hydrogen) atoms. The van der Waals surface area contributed by atoms with Gasteiger partial charge in [0.1, 0.15) is 0 Å². The molecule has 1 aromatic heterocycles. The quantitative estimate of drug-likeness (QED) is 0.724. The first-order chi connectivity index (χ1) is 5.70. The third kappa shape index (κ3) is 1.44. The molecule has 0 unspecified atom stereocenters. The Hall–Kier alpha value is -0.990. The fourth-order valence-electron chi connectivity index (χ4n) is 1.54. The van der Waals surface area contributed by atoms with Crippen LogP contribution in [0.5, 0.6) is 0 Å². The number of H-pyrrole nitrogens is 1. The maximum absolute atomic E-state index is 11.3. The number of aromatic nitrogens is 2. The van der Waals surface area contributed by atoms with E-state index in [4.69, 9.17) is 0 Å². The summed E-state index contributed by atoms with van der Waals surface area (Å²) in [7, 11) is 1.89. The summed E-state index contributed by atoms with van der Waals surface area (Å²) in [5.74, 6) is 0. The summed E-state index contributed by atoms with van der Waals surface area (Å²) in [5, 5.41) is 2.77. The molecule has 3 nitrogen and oxygen atoms in total. The first kappa shape index (κ1) is 9.10. The molecule has 1 rings (SSSR count). The van der Waals surface area contributed by atoms with E-state index >= 15 is 0 Å². The smallest absolute Gasteiger partial charge is 0.267 e. The van der Waals surface area contributed by atoms with Crippen LogP contribution in [0.1, 0.15) is 31.5 Å². The van der Waals surface area contributed by atoms with Crippen molar-refractivity contribution in [3.63, 3.8) is 0 Å². The maximum Gasteiger partial charge on any atom is 0.267 e. The molecule has 1 aromatic rings. The molecule has 0 aliphatic heterocycles. The topological polar surface area (TPSA) is 37.8 Å². The Morgan fingerprint density at radius 1 is 1.42 bits per heavy atom. The normalized spacial score (nSPS) is 10.6. The molecule has 0 fully saturated rings. The van der Waals surface area contributed by atoms with Crippen molar-refractivity contribution in [2.75, 3.05) is 0 Å². The Labute approximate surface area is 72.4 Å². The van der Waals surface area contributed by atoms with Gasteiger partial charge in [-0.2, -0.15) is 0 Å². The Morgan fingerprint density at radius 2 is 2.08 bits per heavy atom. The van der Waals surface area contributed by atoms with Gasteiger partial charge in [0.05, 0.1) is 0 Å². The molecule has 0 amide bonds. The first-order valence-corrected chi connectivity index (χ1v) is 4.47. The zero-order valence-corrected chi connectivity index (χ0v) is 7.98. The number of aryl methyl sites for hydroxylation is 1. The van der Waals surface area contributed by atoms with Crippen molar-refractivity contribution in [2.24, 2.45) is 7.05 Å². The molecule has 0 spiro atoms. The van der Waals surface area contributed by atoms with Crippen molar-refractivity contribution in [3.05, 3.63) is 21.6 Å². The van der Waals surface area contributed by atoms with Crippen LogP contribution in [0.15, 0.2) is 4.79 Å². The molecule has 1 heterocycles. The number of nitrogens with zero attached hydrogens (tertiary/aromatic N) is 1. The molecular weight excluding hydrogens is 152 g/mol. The van der Waals surface area contributed by atoms with Crippen LogP contribution in [-0.4, -0.2) is 9.78 Å². The molecule has 0 aliphatic carbocycles. The van der Waals surface area contributed by atoms with Crippen LogP contribution in [-0.2, 0) is 19.9 Å². The van der Waals surface area contributed by atoms with E-state index in [1.165, 1.54) is 0 Å².